The van der Waals surface area contributed by atoms with E-state index < -0.39 is 11.4 Å². The first-order valence-electron chi connectivity index (χ1n) is 11.8. The molecule has 2 aromatic carbocycles. The number of rotatable bonds is 14. The lowest BCUT2D eigenvalue weighted by Crippen LogP contribution is -2.38. The SMILES string of the molecule is COc1ccc(C(C#N)(CCCN(C)CCc2ccc(C=O)c(C=O)c2)C(=O)OC(C)C)cc1OC. The van der Waals surface area contributed by atoms with Crippen molar-refractivity contribution in [2.45, 2.75) is 44.6 Å². The highest BCUT2D eigenvalue weighted by atomic mass is 16.5. The Morgan fingerprint density at radius 2 is 1.72 bits per heavy atom. The second kappa shape index (κ2) is 13.4. The van der Waals surface area contributed by atoms with E-state index in [2.05, 4.69) is 11.0 Å². The molecule has 192 valence electrons. The molecule has 8 nitrogen and oxygen atoms in total. The largest absolute Gasteiger partial charge is 0.493 e. The molecule has 8 heteroatoms. The van der Waals surface area contributed by atoms with E-state index in [4.69, 9.17) is 14.2 Å². The molecule has 0 bridgehead atoms. The molecule has 0 aliphatic carbocycles. The number of nitrogens with zero attached hydrogens (tertiary/aromatic N) is 2. The van der Waals surface area contributed by atoms with Crippen molar-refractivity contribution in [3.63, 3.8) is 0 Å². The molecule has 0 heterocycles. The molecule has 0 saturated heterocycles. The zero-order valence-corrected chi connectivity index (χ0v) is 21.6. The van der Waals surface area contributed by atoms with E-state index in [0.29, 0.717) is 66.7 Å². The van der Waals surface area contributed by atoms with Crippen molar-refractivity contribution in [3.05, 3.63) is 58.7 Å². The molecule has 0 N–H and O–H groups in total. The van der Waals surface area contributed by atoms with Crippen LogP contribution in [0.1, 0.15) is 58.5 Å². The number of ether oxygens (including phenoxy) is 3. The zero-order valence-electron chi connectivity index (χ0n) is 21.6. The second-order valence-electron chi connectivity index (χ2n) is 8.90. The van der Waals surface area contributed by atoms with Crippen molar-refractivity contribution in [1.82, 2.24) is 4.90 Å². The van der Waals surface area contributed by atoms with Gasteiger partial charge in [0.2, 0.25) is 0 Å². The van der Waals surface area contributed by atoms with Crippen LogP contribution in [0.3, 0.4) is 0 Å². The first-order valence-corrected chi connectivity index (χ1v) is 11.8. The van der Waals surface area contributed by atoms with Crippen LogP contribution in [-0.2, 0) is 21.4 Å². The number of nitriles is 1. The lowest BCUT2D eigenvalue weighted by Gasteiger charge is -2.28. The highest BCUT2D eigenvalue weighted by molar-refractivity contribution is 5.90. The Balaban J connectivity index is 2.15. The van der Waals surface area contributed by atoms with Crippen LogP contribution >= 0.6 is 0 Å². The number of hydrogen-bond donors (Lipinski definition) is 0. The molecule has 0 saturated carbocycles. The second-order valence-corrected chi connectivity index (χ2v) is 8.90. The van der Waals surface area contributed by atoms with E-state index in [9.17, 15) is 19.6 Å². The van der Waals surface area contributed by atoms with E-state index in [1.54, 1.807) is 44.2 Å². The topological polar surface area (TPSA) is 106 Å². The molecule has 0 radical (unpaired) electrons. The van der Waals surface area contributed by atoms with E-state index in [-0.39, 0.29) is 12.5 Å². The summed E-state index contributed by atoms with van der Waals surface area (Å²) in [5.74, 6) is 0.342. The highest BCUT2D eigenvalue weighted by Crippen LogP contribution is 2.37. The molecule has 1 unspecified atom stereocenters. The van der Waals surface area contributed by atoms with Gasteiger partial charge in [-0.25, -0.2) is 4.79 Å². The van der Waals surface area contributed by atoms with Crippen LogP contribution in [0.5, 0.6) is 11.5 Å². The summed E-state index contributed by atoms with van der Waals surface area (Å²) in [6, 6.07) is 12.5. The normalized spacial score (nSPS) is 12.5. The first kappa shape index (κ1) is 28.5. The molecule has 1 atom stereocenters. The average molecular weight is 495 g/mol. The van der Waals surface area contributed by atoms with Gasteiger partial charge in [0.05, 0.1) is 26.4 Å². The zero-order chi connectivity index (χ0) is 26.7. The van der Waals surface area contributed by atoms with Gasteiger partial charge in [0.1, 0.15) is 0 Å². The van der Waals surface area contributed by atoms with Gasteiger partial charge in [0, 0.05) is 17.7 Å². The Hall–Kier alpha value is -3.70. The van der Waals surface area contributed by atoms with Crippen LogP contribution in [0.4, 0.5) is 0 Å². The maximum absolute atomic E-state index is 13.2. The van der Waals surface area contributed by atoms with Gasteiger partial charge in [0.15, 0.2) is 29.5 Å². The molecular formula is C28H34N2O6. The van der Waals surface area contributed by atoms with Gasteiger partial charge in [-0.2, -0.15) is 5.26 Å². The number of benzene rings is 2. The predicted molar refractivity (Wildman–Crippen MR) is 136 cm³/mol. The molecule has 0 amide bonds. The number of methoxy groups -OCH3 is 2. The summed E-state index contributed by atoms with van der Waals surface area (Å²) in [5, 5.41) is 10.2. The number of hydrogen-bond acceptors (Lipinski definition) is 8. The van der Waals surface area contributed by atoms with Crippen molar-refractivity contribution >= 4 is 18.5 Å². The monoisotopic (exact) mass is 494 g/mol. The standard InChI is InChI=1S/C28H34N2O6/c1-20(2)36-27(33)28(19-29,24-9-10-25(34-4)26(16-24)35-5)12-6-13-30(3)14-11-21-7-8-22(17-31)23(15-21)18-32/h7-10,15-18,20H,6,11-14H2,1-5H3. The minimum Gasteiger partial charge on any atom is -0.493 e. The van der Waals surface area contributed by atoms with E-state index >= 15 is 0 Å². The average Bonchev–Trinajstić information content (AvgIpc) is 2.88. The maximum atomic E-state index is 13.2. The van der Waals surface area contributed by atoms with Crippen molar-refractivity contribution < 1.29 is 28.6 Å². The van der Waals surface area contributed by atoms with Crippen LogP contribution in [0.15, 0.2) is 36.4 Å². The fraction of sp³-hybridized carbons (Fsp3) is 0.429. The summed E-state index contributed by atoms with van der Waals surface area (Å²) in [7, 11) is 4.98. The quantitative estimate of drug-likeness (QED) is 0.287. The molecule has 0 fully saturated rings. The Morgan fingerprint density at radius 3 is 2.31 bits per heavy atom. The Morgan fingerprint density at radius 1 is 1.03 bits per heavy atom. The number of likely N-dealkylation sites (N-methyl/N-ethyl adjacent to an activating group) is 1. The number of carbonyl (C=O) groups is 3. The third-order valence-electron chi connectivity index (χ3n) is 6.04. The van der Waals surface area contributed by atoms with E-state index in [1.807, 2.05) is 13.1 Å². The summed E-state index contributed by atoms with van der Waals surface area (Å²) in [6.07, 6.45) is 2.50. The summed E-state index contributed by atoms with van der Waals surface area (Å²) in [5.41, 5.74) is 0.703. The third kappa shape index (κ3) is 6.92. The summed E-state index contributed by atoms with van der Waals surface area (Å²) in [4.78, 5) is 37.5. The molecule has 36 heavy (non-hydrogen) atoms. The van der Waals surface area contributed by atoms with E-state index in [1.165, 1.54) is 14.2 Å². The Bertz CT molecular complexity index is 1110. The van der Waals surface area contributed by atoms with Crippen LogP contribution < -0.4 is 9.47 Å². The van der Waals surface area contributed by atoms with Crippen molar-refractivity contribution in [3.8, 4) is 17.6 Å². The summed E-state index contributed by atoms with van der Waals surface area (Å²) >= 11 is 0. The summed E-state index contributed by atoms with van der Waals surface area (Å²) in [6.45, 7) is 4.84. The van der Waals surface area contributed by atoms with Crippen LogP contribution in [0.2, 0.25) is 0 Å². The van der Waals surface area contributed by atoms with Gasteiger partial charge in [-0.05, 0) is 76.0 Å². The van der Waals surface area contributed by atoms with Crippen LogP contribution in [0, 0.1) is 11.3 Å². The number of aldehydes is 2. The Kier molecular flexibility index (Phi) is 10.6. The molecule has 2 aromatic rings. The van der Waals surface area contributed by atoms with Gasteiger partial charge >= 0.3 is 5.97 Å². The van der Waals surface area contributed by atoms with Gasteiger partial charge in [-0.15, -0.1) is 0 Å². The predicted octanol–water partition coefficient (Wildman–Crippen LogP) is 4.00. The van der Waals surface area contributed by atoms with Crippen molar-refractivity contribution in [2.75, 3.05) is 34.4 Å². The highest BCUT2D eigenvalue weighted by Gasteiger charge is 2.43. The fourth-order valence-corrected chi connectivity index (χ4v) is 3.98. The van der Waals surface area contributed by atoms with Gasteiger partial charge < -0.3 is 19.1 Å². The minimum atomic E-state index is -1.49. The molecular weight excluding hydrogens is 460 g/mol. The fourth-order valence-electron chi connectivity index (χ4n) is 3.98. The lowest BCUT2D eigenvalue weighted by molar-refractivity contribution is -0.152. The smallest absolute Gasteiger partial charge is 0.331 e. The molecule has 0 aliphatic heterocycles. The van der Waals surface area contributed by atoms with Crippen molar-refractivity contribution in [1.29, 1.82) is 5.26 Å². The van der Waals surface area contributed by atoms with Gasteiger partial charge in [0.25, 0.3) is 0 Å². The van der Waals surface area contributed by atoms with Crippen LogP contribution in [-0.4, -0.2) is 63.9 Å². The minimum absolute atomic E-state index is 0.262. The maximum Gasteiger partial charge on any atom is 0.331 e. The molecule has 2 rings (SSSR count). The lowest BCUT2D eigenvalue weighted by atomic mass is 9.77. The van der Waals surface area contributed by atoms with Crippen LogP contribution in [0.25, 0.3) is 0 Å². The summed E-state index contributed by atoms with van der Waals surface area (Å²) < 4.78 is 16.2. The number of esters is 1. The number of carbonyl (C=O) groups excluding carboxylic acids is 3. The van der Waals surface area contributed by atoms with Gasteiger partial charge in [-0.1, -0.05) is 18.2 Å². The van der Waals surface area contributed by atoms with E-state index in [0.717, 1.165) is 5.56 Å². The van der Waals surface area contributed by atoms with Gasteiger partial charge in [-0.3, -0.25) is 9.59 Å². The Labute approximate surface area is 212 Å². The molecule has 0 spiro atoms. The molecule has 0 aliphatic rings. The third-order valence-corrected chi connectivity index (χ3v) is 6.04. The molecule has 0 aromatic heterocycles. The first-order chi connectivity index (χ1) is 17.2. The van der Waals surface area contributed by atoms with Crippen molar-refractivity contribution in [2.24, 2.45) is 0 Å².